The largest absolute Gasteiger partial charge is 1.00 e. The number of thiophene rings is 2. The summed E-state index contributed by atoms with van der Waals surface area (Å²) in [6.45, 7) is 1.54. The lowest BCUT2D eigenvalue weighted by atomic mass is 10.1. The first-order valence-electron chi connectivity index (χ1n) is 36.8. The average Bonchev–Trinajstić information content (AvgIpc) is 1.56. The molecule has 0 saturated carbocycles. The number of alkyl halides is 9. The fourth-order valence-corrected chi connectivity index (χ4v) is 26.3. The van der Waals surface area contributed by atoms with Crippen molar-refractivity contribution in [2.24, 2.45) is 0 Å². The summed E-state index contributed by atoms with van der Waals surface area (Å²) in [5, 5.41) is 4.54. The monoisotopic (exact) mass is 1970 g/mol. The molecule has 15 aromatic carbocycles. The number of hydrogen-bond acceptors (Lipinski definition) is 4. The molecule has 0 unspecified atom stereocenters. The van der Waals surface area contributed by atoms with E-state index in [4.69, 9.17) is 0 Å². The number of benzene rings is 15. The van der Waals surface area contributed by atoms with E-state index in [2.05, 4.69) is 12.1 Å². The van der Waals surface area contributed by atoms with Crippen LogP contribution in [0.2, 0.25) is 0 Å². The zero-order chi connectivity index (χ0) is 87.0. The van der Waals surface area contributed by atoms with Gasteiger partial charge in [-0.05, 0) is 158 Å². The Morgan fingerprint density at radius 1 is 0.236 bits per heavy atom. The van der Waals surface area contributed by atoms with Crippen molar-refractivity contribution in [3.05, 3.63) is 415 Å². The van der Waals surface area contributed by atoms with Crippen LogP contribution < -0.4 is 62.0 Å². The Bertz CT molecular complexity index is 6560. The molecule has 0 radical (unpaired) electrons. The molecule has 0 atom stereocenters. The third-order valence-corrected chi connectivity index (χ3v) is 31.9. The number of fused-ring (bicyclic) bond motifs is 6. The third-order valence-electron chi connectivity index (χ3n) is 18.5. The minimum absolute atomic E-state index is 0. The molecule has 0 bridgehead atoms. The van der Waals surface area contributed by atoms with E-state index in [1.54, 1.807) is 67.6 Å². The van der Waals surface area contributed by atoms with Gasteiger partial charge < -0.3 is 62.0 Å². The van der Waals surface area contributed by atoms with Crippen molar-refractivity contribution in [3.8, 4) is 9.79 Å². The van der Waals surface area contributed by atoms with E-state index < -0.39 is 143 Å². The van der Waals surface area contributed by atoms with Gasteiger partial charge in [0.05, 0.1) is 59.2 Å². The predicted molar refractivity (Wildman–Crippen MR) is 461 cm³/mol. The SMILES string of the molecule is Cc1cc([S+](c2cccc(S(C)(=O)=O)c2)c2cccc(S(C)(=O)=O)c2)cc(C(F)(F)F)c1.FC(F)(F)c1cccc(-[s+]2c3ccccc3c3ccccc32)c1.FC(F)(F)c1cccc([S+](c2ccccc2)c2ccccc2)c1.Fc1cc(F)cc(-[s+]2c3ccccc3c3ccccc32)c1.Fc1cc(F)cc([S+](c2ccccc2)c2cc(F)cc(F)c2)c1.[Cl-].[Cl-].[Cl-].[Cl-].[Cl-]. The molecule has 0 spiro atoms. The summed E-state index contributed by atoms with van der Waals surface area (Å²) in [5.41, 5.74) is -1.65. The number of rotatable bonds is 13. The highest BCUT2D eigenvalue weighted by molar-refractivity contribution is 7.98. The molecular weight excluding hydrogens is 1900 g/mol. The van der Waals surface area contributed by atoms with Crippen molar-refractivity contribution in [1.82, 2.24) is 0 Å². The first kappa shape index (κ1) is 102. The molecule has 2 heterocycles. The van der Waals surface area contributed by atoms with Gasteiger partial charge in [0.1, 0.15) is 34.9 Å². The molecule has 0 fully saturated rings. The van der Waals surface area contributed by atoms with Crippen LogP contribution in [0.1, 0.15) is 22.3 Å². The molecule has 127 heavy (non-hydrogen) atoms. The van der Waals surface area contributed by atoms with E-state index >= 15 is 0 Å². The van der Waals surface area contributed by atoms with Crippen LogP contribution >= 0.6 is 20.9 Å². The van der Waals surface area contributed by atoms with Crippen LogP contribution in [0.4, 0.5) is 65.9 Å². The molecule has 0 saturated heterocycles. The molecule has 0 amide bonds. The Kier molecular flexibility index (Phi) is 35.4. The molecule has 0 aliphatic carbocycles. The van der Waals surface area contributed by atoms with Gasteiger partial charge in [-0.15, -0.1) is 0 Å². The Morgan fingerprint density at radius 2 is 0.496 bits per heavy atom. The Hall–Kier alpha value is -9.91. The lowest BCUT2D eigenvalue weighted by Gasteiger charge is -2.13. The second kappa shape index (κ2) is 43.9. The maximum atomic E-state index is 13.6. The van der Waals surface area contributed by atoms with Crippen molar-refractivity contribution in [2.45, 2.75) is 79.3 Å². The van der Waals surface area contributed by atoms with Gasteiger partial charge in [0.15, 0.2) is 92.3 Å². The normalized spacial score (nSPS) is 11.4. The van der Waals surface area contributed by atoms with Gasteiger partial charge in [-0.1, -0.05) is 127 Å². The van der Waals surface area contributed by atoms with Gasteiger partial charge in [0.2, 0.25) is 0 Å². The predicted octanol–water partition coefficient (Wildman–Crippen LogP) is 13.8. The van der Waals surface area contributed by atoms with Crippen molar-refractivity contribution in [3.63, 3.8) is 0 Å². The summed E-state index contributed by atoms with van der Waals surface area (Å²) in [6, 6.07) is 97.1. The summed E-state index contributed by atoms with van der Waals surface area (Å²) < 4.78 is 253. The van der Waals surface area contributed by atoms with Gasteiger partial charge in [-0.25, -0.2) is 43.2 Å². The van der Waals surface area contributed by atoms with Crippen molar-refractivity contribution in [2.75, 3.05) is 12.5 Å². The Balaban J connectivity index is 0.000000196. The zero-order valence-electron chi connectivity index (χ0n) is 66.1. The first-order chi connectivity index (χ1) is 58.0. The average molecular weight is 1970 g/mol. The van der Waals surface area contributed by atoms with Crippen LogP contribution in [0.5, 0.6) is 0 Å². The van der Waals surface area contributed by atoms with Gasteiger partial charge in [-0.3, -0.25) is 0 Å². The van der Waals surface area contributed by atoms with E-state index in [9.17, 15) is 82.7 Å². The Labute approximate surface area is 768 Å². The molecule has 4 nitrogen and oxygen atoms in total. The quantitative estimate of drug-likeness (QED) is 0.0852. The summed E-state index contributed by atoms with van der Waals surface area (Å²) in [6.07, 6.45) is -11.1. The third kappa shape index (κ3) is 25.4. The molecule has 658 valence electrons. The molecule has 0 aliphatic heterocycles. The molecule has 0 N–H and O–H groups in total. The van der Waals surface area contributed by atoms with Gasteiger partial charge in [0.25, 0.3) is 0 Å². The highest BCUT2D eigenvalue weighted by Crippen LogP contribution is 2.51. The number of aryl methyl sites for hydroxylation is 1. The van der Waals surface area contributed by atoms with Crippen molar-refractivity contribution in [1.29, 1.82) is 0 Å². The maximum Gasteiger partial charge on any atom is 0.416 e. The molecule has 2 aromatic heterocycles. The molecule has 0 aliphatic rings. The summed E-state index contributed by atoms with van der Waals surface area (Å²) in [7, 11) is -10.8. The smallest absolute Gasteiger partial charge is 0.416 e. The van der Waals surface area contributed by atoms with Gasteiger partial charge >= 0.3 is 18.5 Å². The zero-order valence-corrected chi connectivity index (χ0v) is 75.6. The van der Waals surface area contributed by atoms with E-state index in [0.29, 0.717) is 49.6 Å². The number of sulfone groups is 2. The minimum atomic E-state index is -4.57. The van der Waals surface area contributed by atoms with Crippen LogP contribution in [-0.2, 0) is 70.9 Å². The van der Waals surface area contributed by atoms with Gasteiger partial charge in [0, 0.05) is 140 Å². The van der Waals surface area contributed by atoms with Crippen LogP contribution in [0.15, 0.2) is 412 Å². The second-order valence-corrected chi connectivity index (χ2v) is 41.4. The van der Waals surface area contributed by atoms with Crippen LogP contribution in [-0.4, -0.2) is 29.3 Å². The van der Waals surface area contributed by atoms with E-state index in [0.717, 1.165) is 105 Å². The molecule has 17 aromatic rings. The van der Waals surface area contributed by atoms with Crippen LogP contribution in [0.25, 0.3) is 50.1 Å². The van der Waals surface area contributed by atoms with E-state index in [1.807, 2.05) is 146 Å². The number of halogens is 20. The topological polar surface area (TPSA) is 68.3 Å². The van der Waals surface area contributed by atoms with Gasteiger partial charge in [-0.2, -0.15) is 39.5 Å². The summed E-state index contributed by atoms with van der Waals surface area (Å²) in [4.78, 5) is 6.66. The summed E-state index contributed by atoms with van der Waals surface area (Å²) in [5.74, 6) is -3.98. The molecule has 31 heteroatoms. The van der Waals surface area contributed by atoms with Crippen molar-refractivity contribution >= 4 is 114 Å². The molecular formula is C96H68Cl5F15O4S7. The van der Waals surface area contributed by atoms with Crippen LogP contribution in [0.3, 0.4) is 0 Å². The fraction of sp³-hybridized carbons (Fsp3) is 0.0625. The Morgan fingerprint density at radius 3 is 0.843 bits per heavy atom. The second-order valence-electron chi connectivity index (χ2n) is 27.3. The fourth-order valence-electron chi connectivity index (χ4n) is 13.3. The highest BCUT2D eigenvalue weighted by atomic mass is 35.5. The van der Waals surface area contributed by atoms with Crippen molar-refractivity contribution < 1.29 is 145 Å². The number of hydrogen-bond donors (Lipinski definition) is 0. The first-order valence-corrected chi connectivity index (χ1v) is 46.7. The van der Waals surface area contributed by atoms with Crippen LogP contribution in [0, 0.1) is 41.8 Å². The van der Waals surface area contributed by atoms with E-state index in [1.165, 1.54) is 97.1 Å². The lowest BCUT2D eigenvalue weighted by Crippen LogP contribution is -3.00. The summed E-state index contributed by atoms with van der Waals surface area (Å²) >= 11 is 0. The minimum Gasteiger partial charge on any atom is -1.00 e. The maximum absolute atomic E-state index is 13.6. The lowest BCUT2D eigenvalue weighted by molar-refractivity contribution is -0.138. The molecule has 17 rings (SSSR count). The standard InChI is InChI=1S/C22H20F3O4S3.C19H12F3S.C19H14F3S.C18H11F4S.C18H11F2S.5ClH/c1-15-10-16(22(23,24)25)12-19(11-15)30(17-6-4-8-20(13-17)31(2,26)27)18-7-5-9-21(14-18)32(3,28)29;20-19(21,22)13-6-5-7-14(12-13)23-17-10-3-1-8-15(17)16-9-2-4-11-18(16)23;20-19(21,22)15-8-7-13-18(14-15)23(16-9-3-1-4-10-16)17-11-5-2-6-12-17;19-12-6-13(20)9-17(8-12)23(16-4-2-1-3-5-16)18-10-14(21)7-15(22)11-18;19-12-9-13(20)11-14(10-12)21-17-7-3-1-5-15(17)16-6-2-4-8-18(16)21;;;;;/h4-14H,1-3H3;1-12H;1-14H;1-11H;1-11H;5*1H/q5*+1;;;;;/p-5. The highest BCUT2D eigenvalue weighted by Gasteiger charge is 2.40. The van der Waals surface area contributed by atoms with E-state index in [-0.39, 0.29) is 71.8 Å².